The van der Waals surface area contributed by atoms with E-state index in [-0.39, 0.29) is 0 Å². The highest BCUT2D eigenvalue weighted by molar-refractivity contribution is 5.96. The number of piperidine rings is 1. The average molecular weight is 308 g/mol. The number of fused-ring (bicyclic) bond motifs is 1. The van der Waals surface area contributed by atoms with Gasteiger partial charge in [0.1, 0.15) is 11.6 Å². The molecule has 1 fully saturated rings. The standard InChI is InChI=1S/C18H20N4O/c1-23-17-4-2-3-16-15(17)5-8-19-18(16)22-9-6-13(7-10-22)14-11-20-21-12-14/h2-5,8,11-13H,6-7,9-10H2,1H3,(H,20,21). The molecule has 0 spiro atoms. The van der Waals surface area contributed by atoms with Gasteiger partial charge in [-0.05, 0) is 36.5 Å². The lowest BCUT2D eigenvalue weighted by Crippen LogP contribution is -2.33. The molecule has 0 unspecified atom stereocenters. The highest BCUT2D eigenvalue weighted by Crippen LogP contribution is 2.34. The molecule has 4 rings (SSSR count). The highest BCUT2D eigenvalue weighted by atomic mass is 16.5. The maximum absolute atomic E-state index is 5.48. The minimum Gasteiger partial charge on any atom is -0.496 e. The molecule has 0 saturated carbocycles. The highest BCUT2D eigenvalue weighted by Gasteiger charge is 2.23. The van der Waals surface area contributed by atoms with Crippen molar-refractivity contribution in [2.45, 2.75) is 18.8 Å². The third-order valence-corrected chi connectivity index (χ3v) is 4.75. The first-order valence-corrected chi connectivity index (χ1v) is 8.02. The molecule has 1 aliphatic rings. The van der Waals surface area contributed by atoms with Gasteiger partial charge in [-0.15, -0.1) is 0 Å². The Bertz CT molecular complexity index is 792. The van der Waals surface area contributed by atoms with E-state index in [1.165, 1.54) is 5.56 Å². The van der Waals surface area contributed by atoms with Crippen LogP contribution in [0, 0.1) is 0 Å². The number of aromatic nitrogens is 3. The van der Waals surface area contributed by atoms with Gasteiger partial charge < -0.3 is 9.64 Å². The predicted molar refractivity (Wildman–Crippen MR) is 91.1 cm³/mol. The van der Waals surface area contributed by atoms with Crippen molar-refractivity contribution in [3.05, 3.63) is 48.4 Å². The van der Waals surface area contributed by atoms with Crippen LogP contribution in [0.3, 0.4) is 0 Å². The first-order valence-electron chi connectivity index (χ1n) is 8.02. The summed E-state index contributed by atoms with van der Waals surface area (Å²) in [6, 6.07) is 8.18. The Labute approximate surface area is 135 Å². The zero-order valence-corrected chi connectivity index (χ0v) is 13.2. The lowest BCUT2D eigenvalue weighted by atomic mass is 9.91. The normalized spacial score (nSPS) is 16.0. The topological polar surface area (TPSA) is 54.0 Å². The van der Waals surface area contributed by atoms with Crippen LogP contribution in [0.15, 0.2) is 42.9 Å². The number of ether oxygens (including phenoxy) is 1. The van der Waals surface area contributed by atoms with Crippen LogP contribution in [0.4, 0.5) is 5.82 Å². The predicted octanol–water partition coefficient (Wildman–Crippen LogP) is 3.35. The van der Waals surface area contributed by atoms with Crippen LogP contribution in [0.5, 0.6) is 5.75 Å². The molecule has 5 nitrogen and oxygen atoms in total. The molecule has 118 valence electrons. The van der Waals surface area contributed by atoms with Crippen molar-refractivity contribution >= 4 is 16.6 Å². The largest absolute Gasteiger partial charge is 0.496 e. The van der Waals surface area contributed by atoms with Gasteiger partial charge in [0, 0.05) is 36.3 Å². The maximum Gasteiger partial charge on any atom is 0.136 e. The number of anilines is 1. The Morgan fingerprint density at radius 2 is 2.04 bits per heavy atom. The van der Waals surface area contributed by atoms with Gasteiger partial charge in [-0.3, -0.25) is 5.10 Å². The molecule has 1 aromatic carbocycles. The van der Waals surface area contributed by atoms with Crippen molar-refractivity contribution in [2.24, 2.45) is 0 Å². The molecule has 0 atom stereocenters. The molecule has 0 amide bonds. The van der Waals surface area contributed by atoms with Crippen LogP contribution in [0.25, 0.3) is 10.8 Å². The van der Waals surface area contributed by atoms with Crippen LogP contribution in [-0.4, -0.2) is 35.4 Å². The van der Waals surface area contributed by atoms with Gasteiger partial charge in [0.05, 0.1) is 13.3 Å². The molecule has 0 bridgehead atoms. The number of rotatable bonds is 3. The molecule has 1 aliphatic heterocycles. The van der Waals surface area contributed by atoms with Gasteiger partial charge >= 0.3 is 0 Å². The van der Waals surface area contributed by atoms with Gasteiger partial charge in [-0.1, -0.05) is 12.1 Å². The van der Waals surface area contributed by atoms with E-state index in [4.69, 9.17) is 4.74 Å². The summed E-state index contributed by atoms with van der Waals surface area (Å²) >= 11 is 0. The van der Waals surface area contributed by atoms with E-state index in [1.54, 1.807) is 7.11 Å². The number of pyridine rings is 1. The summed E-state index contributed by atoms with van der Waals surface area (Å²) in [6.45, 7) is 2.03. The van der Waals surface area contributed by atoms with E-state index >= 15 is 0 Å². The van der Waals surface area contributed by atoms with Crippen molar-refractivity contribution < 1.29 is 4.74 Å². The van der Waals surface area contributed by atoms with E-state index in [9.17, 15) is 0 Å². The number of hydrogen-bond acceptors (Lipinski definition) is 4. The van der Waals surface area contributed by atoms with E-state index in [0.717, 1.165) is 48.3 Å². The van der Waals surface area contributed by atoms with Crippen molar-refractivity contribution in [1.82, 2.24) is 15.2 Å². The summed E-state index contributed by atoms with van der Waals surface area (Å²) in [5.74, 6) is 2.56. The molecule has 2 aromatic heterocycles. The van der Waals surface area contributed by atoms with Crippen molar-refractivity contribution in [3.8, 4) is 5.75 Å². The average Bonchev–Trinajstić information content (AvgIpc) is 3.15. The second-order valence-corrected chi connectivity index (χ2v) is 5.98. The number of H-pyrrole nitrogens is 1. The van der Waals surface area contributed by atoms with Gasteiger partial charge in [-0.2, -0.15) is 5.10 Å². The lowest BCUT2D eigenvalue weighted by Gasteiger charge is -2.33. The van der Waals surface area contributed by atoms with Gasteiger partial charge in [-0.25, -0.2) is 4.98 Å². The van der Waals surface area contributed by atoms with Crippen LogP contribution >= 0.6 is 0 Å². The second kappa shape index (κ2) is 5.91. The number of methoxy groups -OCH3 is 1. The molecule has 3 heterocycles. The SMILES string of the molecule is COc1cccc2c(N3CCC(c4cn[nH]c4)CC3)nccc12. The third-order valence-electron chi connectivity index (χ3n) is 4.75. The molecule has 3 aromatic rings. The first kappa shape index (κ1) is 14.1. The zero-order valence-electron chi connectivity index (χ0n) is 13.2. The molecule has 23 heavy (non-hydrogen) atoms. The Balaban J connectivity index is 1.61. The first-order chi connectivity index (χ1) is 11.4. The van der Waals surface area contributed by atoms with Crippen molar-refractivity contribution in [2.75, 3.05) is 25.1 Å². The van der Waals surface area contributed by atoms with Crippen LogP contribution in [-0.2, 0) is 0 Å². The number of benzene rings is 1. The van der Waals surface area contributed by atoms with E-state index in [2.05, 4.69) is 26.1 Å². The molecule has 0 aliphatic carbocycles. The zero-order chi connectivity index (χ0) is 15.6. The fourth-order valence-electron chi connectivity index (χ4n) is 3.50. The Morgan fingerprint density at radius 1 is 1.17 bits per heavy atom. The summed E-state index contributed by atoms with van der Waals surface area (Å²) in [5, 5.41) is 9.27. The van der Waals surface area contributed by atoms with E-state index in [1.807, 2.05) is 36.8 Å². The molecular formula is C18H20N4O. The molecule has 1 saturated heterocycles. The van der Waals surface area contributed by atoms with Crippen molar-refractivity contribution in [1.29, 1.82) is 0 Å². The number of hydrogen-bond donors (Lipinski definition) is 1. The number of nitrogens with zero attached hydrogens (tertiary/aromatic N) is 3. The summed E-state index contributed by atoms with van der Waals surface area (Å²) in [7, 11) is 1.71. The number of aromatic amines is 1. The van der Waals surface area contributed by atoms with Gasteiger partial charge in [0.25, 0.3) is 0 Å². The fourth-order valence-corrected chi connectivity index (χ4v) is 3.50. The summed E-state index contributed by atoms with van der Waals surface area (Å²) in [5.41, 5.74) is 1.32. The van der Waals surface area contributed by atoms with E-state index in [0.29, 0.717) is 5.92 Å². The minimum atomic E-state index is 0.592. The summed E-state index contributed by atoms with van der Waals surface area (Å²) in [4.78, 5) is 7.03. The smallest absolute Gasteiger partial charge is 0.136 e. The second-order valence-electron chi connectivity index (χ2n) is 5.98. The monoisotopic (exact) mass is 308 g/mol. The minimum absolute atomic E-state index is 0.592. The summed E-state index contributed by atoms with van der Waals surface area (Å²) in [6.07, 6.45) is 8.09. The molecule has 1 N–H and O–H groups in total. The lowest BCUT2D eigenvalue weighted by molar-refractivity contribution is 0.420. The van der Waals surface area contributed by atoms with E-state index < -0.39 is 0 Å². The molecule has 0 radical (unpaired) electrons. The van der Waals surface area contributed by atoms with Gasteiger partial charge in [0.15, 0.2) is 0 Å². The van der Waals surface area contributed by atoms with Crippen LogP contribution < -0.4 is 9.64 Å². The van der Waals surface area contributed by atoms with Gasteiger partial charge in [0.2, 0.25) is 0 Å². The van der Waals surface area contributed by atoms with Crippen molar-refractivity contribution in [3.63, 3.8) is 0 Å². The Morgan fingerprint density at radius 3 is 2.78 bits per heavy atom. The third kappa shape index (κ3) is 2.52. The maximum atomic E-state index is 5.48. The Kier molecular flexibility index (Phi) is 3.61. The van der Waals surface area contributed by atoms with Crippen LogP contribution in [0.1, 0.15) is 24.3 Å². The summed E-state index contributed by atoms with van der Waals surface area (Å²) < 4.78 is 5.48. The molecule has 5 heteroatoms. The fraction of sp³-hybridized carbons (Fsp3) is 0.333. The number of nitrogens with one attached hydrogen (secondary N) is 1. The molecular weight excluding hydrogens is 288 g/mol. The Hall–Kier alpha value is -2.56. The van der Waals surface area contributed by atoms with Crippen LogP contribution in [0.2, 0.25) is 0 Å². The quantitative estimate of drug-likeness (QED) is 0.806.